The second kappa shape index (κ2) is 8.44. The van der Waals surface area contributed by atoms with Crippen molar-refractivity contribution in [3.8, 4) is 0 Å². The number of anilines is 1. The van der Waals surface area contributed by atoms with Gasteiger partial charge in [-0.15, -0.1) is 0 Å². The van der Waals surface area contributed by atoms with Crippen LogP contribution in [0.3, 0.4) is 0 Å². The van der Waals surface area contributed by atoms with E-state index in [9.17, 15) is 0 Å². The summed E-state index contributed by atoms with van der Waals surface area (Å²) in [6.45, 7) is 8.59. The summed E-state index contributed by atoms with van der Waals surface area (Å²) in [7, 11) is 2.14. The molecule has 0 radical (unpaired) electrons. The van der Waals surface area contributed by atoms with E-state index in [0.717, 1.165) is 24.5 Å². The highest BCUT2D eigenvalue weighted by molar-refractivity contribution is 6.33. The second-order valence-corrected chi connectivity index (χ2v) is 5.58. The van der Waals surface area contributed by atoms with Crippen LogP contribution in [0, 0.1) is 0 Å². The van der Waals surface area contributed by atoms with Crippen LogP contribution in [0.25, 0.3) is 0 Å². The van der Waals surface area contributed by atoms with Crippen LogP contribution in [0.5, 0.6) is 0 Å². The molecule has 0 spiro atoms. The van der Waals surface area contributed by atoms with E-state index < -0.39 is 0 Å². The Morgan fingerprint density at radius 1 is 1.26 bits per heavy atom. The largest absolute Gasteiger partial charge is 0.370 e. The molecule has 0 heterocycles. The number of nitrogens with one attached hydrogen (secondary N) is 1. The third-order valence-corrected chi connectivity index (χ3v) is 3.84. The van der Waals surface area contributed by atoms with Crippen molar-refractivity contribution in [3.05, 3.63) is 28.8 Å². The fourth-order valence-corrected chi connectivity index (χ4v) is 2.66. The molecule has 0 bridgehead atoms. The minimum atomic E-state index is 0.509. The molecule has 2 nitrogen and oxygen atoms in total. The van der Waals surface area contributed by atoms with Crippen molar-refractivity contribution in [2.24, 2.45) is 0 Å². The van der Waals surface area contributed by atoms with Gasteiger partial charge in [0.15, 0.2) is 0 Å². The van der Waals surface area contributed by atoms with E-state index >= 15 is 0 Å². The highest BCUT2D eigenvalue weighted by Gasteiger charge is 2.15. The number of halogens is 1. The number of rotatable bonds is 8. The molecule has 1 aromatic carbocycles. The van der Waals surface area contributed by atoms with Gasteiger partial charge >= 0.3 is 0 Å². The van der Waals surface area contributed by atoms with Crippen molar-refractivity contribution < 1.29 is 0 Å². The number of nitrogens with zero attached hydrogens (tertiary/aromatic N) is 1. The van der Waals surface area contributed by atoms with Crippen LogP contribution in [0.15, 0.2) is 18.2 Å². The smallest absolute Gasteiger partial charge is 0.0642 e. The van der Waals surface area contributed by atoms with Crippen LogP contribution in [0.1, 0.15) is 45.6 Å². The van der Waals surface area contributed by atoms with E-state index in [-0.39, 0.29) is 0 Å². The van der Waals surface area contributed by atoms with Gasteiger partial charge in [0.25, 0.3) is 0 Å². The summed E-state index contributed by atoms with van der Waals surface area (Å²) >= 11 is 6.41. The molecule has 0 fully saturated rings. The van der Waals surface area contributed by atoms with Crippen molar-refractivity contribution in [1.29, 1.82) is 0 Å². The highest BCUT2D eigenvalue weighted by Crippen LogP contribution is 2.31. The quantitative estimate of drug-likeness (QED) is 0.708. The number of para-hydroxylation sites is 1. The zero-order valence-corrected chi connectivity index (χ0v) is 13.4. The molecule has 1 aromatic rings. The summed E-state index contributed by atoms with van der Waals surface area (Å²) in [5.41, 5.74) is 2.46. The summed E-state index contributed by atoms with van der Waals surface area (Å²) in [6.07, 6.45) is 3.53. The van der Waals surface area contributed by atoms with Crippen molar-refractivity contribution >= 4 is 17.3 Å². The third-order valence-electron chi connectivity index (χ3n) is 3.53. The van der Waals surface area contributed by atoms with Gasteiger partial charge in [-0.3, -0.25) is 0 Å². The van der Waals surface area contributed by atoms with Crippen LogP contribution < -0.4 is 10.2 Å². The fourth-order valence-electron chi connectivity index (χ4n) is 2.33. The summed E-state index contributed by atoms with van der Waals surface area (Å²) in [6, 6.07) is 6.69. The van der Waals surface area contributed by atoms with Gasteiger partial charge in [-0.1, -0.05) is 44.0 Å². The summed E-state index contributed by atoms with van der Waals surface area (Å²) in [5, 5.41) is 4.31. The predicted molar refractivity (Wildman–Crippen MR) is 86.2 cm³/mol. The first-order valence-electron chi connectivity index (χ1n) is 7.32. The van der Waals surface area contributed by atoms with E-state index in [1.807, 2.05) is 12.1 Å². The van der Waals surface area contributed by atoms with E-state index in [0.29, 0.717) is 6.04 Å². The molecule has 0 saturated carbocycles. The Labute approximate surface area is 123 Å². The Balaban J connectivity index is 2.90. The maximum Gasteiger partial charge on any atom is 0.0642 e. The summed E-state index contributed by atoms with van der Waals surface area (Å²) < 4.78 is 0. The highest BCUT2D eigenvalue weighted by atomic mass is 35.5. The first kappa shape index (κ1) is 16.3. The fraction of sp³-hybridized carbons (Fsp3) is 0.625. The molecule has 1 rings (SSSR count). The van der Waals surface area contributed by atoms with Crippen molar-refractivity contribution in [2.75, 3.05) is 18.5 Å². The average molecular weight is 283 g/mol. The van der Waals surface area contributed by atoms with Gasteiger partial charge in [-0.2, -0.15) is 0 Å². The van der Waals surface area contributed by atoms with Crippen LogP contribution in [0.2, 0.25) is 5.02 Å². The number of hydrogen-bond donors (Lipinski definition) is 1. The molecule has 108 valence electrons. The van der Waals surface area contributed by atoms with E-state index in [4.69, 9.17) is 11.6 Å². The van der Waals surface area contributed by atoms with Crippen molar-refractivity contribution in [2.45, 2.75) is 52.6 Å². The number of hydrogen-bond acceptors (Lipinski definition) is 2. The maximum absolute atomic E-state index is 6.41. The molecular formula is C16H27ClN2. The Kier molecular flexibility index (Phi) is 7.25. The van der Waals surface area contributed by atoms with E-state index in [1.165, 1.54) is 24.1 Å². The van der Waals surface area contributed by atoms with E-state index in [1.54, 1.807) is 0 Å². The Morgan fingerprint density at radius 3 is 2.63 bits per heavy atom. The molecule has 1 unspecified atom stereocenters. The normalized spacial score (nSPS) is 12.5. The standard InChI is InChI=1S/C16H27ClN2/c1-5-8-13(3)19(4)16-14(12-18-11-6-2)9-7-10-15(16)17/h7,9-10,13,18H,5-6,8,11-12H2,1-4H3. The molecule has 0 aliphatic carbocycles. The lowest BCUT2D eigenvalue weighted by molar-refractivity contribution is 0.610. The lowest BCUT2D eigenvalue weighted by atomic mass is 10.1. The molecule has 0 amide bonds. The maximum atomic E-state index is 6.41. The molecule has 0 aliphatic rings. The Hall–Kier alpha value is -0.730. The van der Waals surface area contributed by atoms with Gasteiger partial charge in [0.2, 0.25) is 0 Å². The molecular weight excluding hydrogens is 256 g/mol. The molecule has 1 N–H and O–H groups in total. The van der Waals surface area contributed by atoms with Crippen LogP contribution >= 0.6 is 11.6 Å². The summed E-state index contributed by atoms with van der Waals surface area (Å²) in [4.78, 5) is 2.31. The Bertz CT molecular complexity index is 379. The summed E-state index contributed by atoms with van der Waals surface area (Å²) in [5.74, 6) is 0. The van der Waals surface area contributed by atoms with Gasteiger partial charge in [0.1, 0.15) is 0 Å². The molecule has 19 heavy (non-hydrogen) atoms. The van der Waals surface area contributed by atoms with E-state index in [2.05, 4.69) is 44.1 Å². The first-order valence-corrected chi connectivity index (χ1v) is 7.70. The minimum absolute atomic E-state index is 0.509. The minimum Gasteiger partial charge on any atom is -0.370 e. The van der Waals surface area contributed by atoms with Gasteiger partial charge in [0, 0.05) is 19.6 Å². The number of benzene rings is 1. The van der Waals surface area contributed by atoms with Gasteiger partial charge < -0.3 is 10.2 Å². The van der Waals surface area contributed by atoms with Crippen LogP contribution in [-0.2, 0) is 6.54 Å². The van der Waals surface area contributed by atoms with Gasteiger partial charge in [0.05, 0.1) is 10.7 Å². The lowest BCUT2D eigenvalue weighted by Crippen LogP contribution is -2.30. The first-order chi connectivity index (χ1) is 9.11. The topological polar surface area (TPSA) is 15.3 Å². The monoisotopic (exact) mass is 282 g/mol. The average Bonchev–Trinajstić information content (AvgIpc) is 2.39. The van der Waals surface area contributed by atoms with Gasteiger partial charge in [-0.25, -0.2) is 0 Å². The van der Waals surface area contributed by atoms with Crippen molar-refractivity contribution in [1.82, 2.24) is 5.32 Å². The molecule has 1 atom stereocenters. The van der Waals surface area contributed by atoms with Gasteiger partial charge in [-0.05, 0) is 37.9 Å². The Morgan fingerprint density at radius 2 is 2.00 bits per heavy atom. The zero-order chi connectivity index (χ0) is 14.3. The molecule has 0 aliphatic heterocycles. The molecule has 0 aromatic heterocycles. The van der Waals surface area contributed by atoms with Crippen LogP contribution in [0.4, 0.5) is 5.69 Å². The predicted octanol–water partition coefficient (Wildman–Crippen LogP) is 4.46. The SMILES string of the molecule is CCCNCc1cccc(Cl)c1N(C)C(C)CCC. The zero-order valence-electron chi connectivity index (χ0n) is 12.7. The third kappa shape index (κ3) is 4.70. The van der Waals surface area contributed by atoms with Crippen LogP contribution in [-0.4, -0.2) is 19.6 Å². The lowest BCUT2D eigenvalue weighted by Gasteiger charge is -2.30. The molecule has 3 heteroatoms. The second-order valence-electron chi connectivity index (χ2n) is 5.17. The molecule has 0 saturated heterocycles. The van der Waals surface area contributed by atoms with Crippen molar-refractivity contribution in [3.63, 3.8) is 0 Å².